The Morgan fingerprint density at radius 3 is 2.82 bits per heavy atom. The molecule has 2 rings (SSSR count). The second-order valence-corrected chi connectivity index (χ2v) is 8.61. The monoisotopic (exact) mass is 388 g/mol. The molecular formula is C15H21BrN2O3S. The minimum Gasteiger partial charge on any atom is -0.338 e. The quantitative estimate of drug-likeness (QED) is 0.832. The lowest BCUT2D eigenvalue weighted by molar-refractivity contribution is -0.131. The third kappa shape index (κ3) is 4.79. The summed E-state index contributed by atoms with van der Waals surface area (Å²) in [5, 5.41) is 0. The second-order valence-electron chi connectivity index (χ2n) is 5.63. The maximum atomic E-state index is 12.3. The number of piperidine rings is 1. The SMILES string of the molecule is NCC1CCCCN1C(=O)CS(=O)(=O)Cc1cccc(Br)c1. The van der Waals surface area contributed by atoms with E-state index in [1.54, 1.807) is 23.1 Å². The van der Waals surface area contributed by atoms with E-state index in [0.717, 1.165) is 23.7 Å². The van der Waals surface area contributed by atoms with Gasteiger partial charge in [-0.2, -0.15) is 0 Å². The molecule has 2 N–H and O–H groups in total. The number of sulfone groups is 1. The number of nitrogens with zero attached hydrogens (tertiary/aromatic N) is 1. The Morgan fingerprint density at radius 1 is 1.36 bits per heavy atom. The van der Waals surface area contributed by atoms with Crippen LogP contribution in [0.3, 0.4) is 0 Å². The Morgan fingerprint density at radius 2 is 2.14 bits per heavy atom. The van der Waals surface area contributed by atoms with E-state index in [1.807, 2.05) is 6.07 Å². The first kappa shape index (κ1) is 17.4. The van der Waals surface area contributed by atoms with E-state index in [9.17, 15) is 13.2 Å². The summed E-state index contributed by atoms with van der Waals surface area (Å²) in [6.45, 7) is 0.991. The molecule has 0 aliphatic carbocycles. The Labute approximate surface area is 139 Å². The van der Waals surface area contributed by atoms with Gasteiger partial charge >= 0.3 is 0 Å². The van der Waals surface area contributed by atoms with E-state index >= 15 is 0 Å². The van der Waals surface area contributed by atoms with E-state index in [-0.39, 0.29) is 17.7 Å². The number of likely N-dealkylation sites (tertiary alicyclic amines) is 1. The number of hydrogen-bond acceptors (Lipinski definition) is 4. The number of rotatable bonds is 5. The molecule has 122 valence electrons. The van der Waals surface area contributed by atoms with Crippen molar-refractivity contribution in [2.45, 2.75) is 31.1 Å². The molecule has 0 spiro atoms. The molecule has 0 bridgehead atoms. The second kappa shape index (κ2) is 7.57. The fraction of sp³-hybridized carbons (Fsp3) is 0.533. The van der Waals surface area contributed by atoms with E-state index in [4.69, 9.17) is 5.73 Å². The molecule has 1 atom stereocenters. The Bertz CT molecular complexity index is 633. The average molecular weight is 389 g/mol. The van der Waals surface area contributed by atoms with Gasteiger partial charge in [-0.15, -0.1) is 0 Å². The molecule has 1 aliphatic rings. The van der Waals surface area contributed by atoms with Crippen LogP contribution in [0.15, 0.2) is 28.7 Å². The highest BCUT2D eigenvalue weighted by Crippen LogP contribution is 2.18. The number of amides is 1. The number of benzene rings is 1. The summed E-state index contributed by atoms with van der Waals surface area (Å²) in [6.07, 6.45) is 2.80. The van der Waals surface area contributed by atoms with Crippen LogP contribution in [0.1, 0.15) is 24.8 Å². The predicted molar refractivity (Wildman–Crippen MR) is 90.0 cm³/mol. The normalized spacial score (nSPS) is 19.2. The summed E-state index contributed by atoms with van der Waals surface area (Å²) in [5.74, 6) is -0.903. The number of carbonyl (C=O) groups excluding carboxylic acids is 1. The molecule has 7 heteroatoms. The third-order valence-corrected chi connectivity index (χ3v) is 5.79. The van der Waals surface area contributed by atoms with Crippen LogP contribution in [0.5, 0.6) is 0 Å². The van der Waals surface area contributed by atoms with Crippen LogP contribution in [0, 0.1) is 0 Å². The van der Waals surface area contributed by atoms with Gasteiger partial charge in [-0.25, -0.2) is 8.42 Å². The summed E-state index contributed by atoms with van der Waals surface area (Å²) in [6, 6.07) is 7.09. The van der Waals surface area contributed by atoms with Crippen molar-refractivity contribution in [1.29, 1.82) is 0 Å². The summed E-state index contributed by atoms with van der Waals surface area (Å²) in [5.41, 5.74) is 6.36. The van der Waals surface area contributed by atoms with Gasteiger partial charge in [0.1, 0.15) is 5.75 Å². The predicted octanol–water partition coefficient (Wildman–Crippen LogP) is 1.70. The van der Waals surface area contributed by atoms with E-state index in [1.165, 1.54) is 0 Å². The molecule has 1 unspecified atom stereocenters. The maximum Gasteiger partial charge on any atom is 0.238 e. The van der Waals surface area contributed by atoms with Gasteiger partial charge in [0, 0.05) is 23.6 Å². The molecule has 1 aliphatic heterocycles. The fourth-order valence-corrected chi connectivity index (χ4v) is 4.55. The van der Waals surface area contributed by atoms with E-state index in [0.29, 0.717) is 18.7 Å². The minimum absolute atomic E-state index is 0.0256. The van der Waals surface area contributed by atoms with Gasteiger partial charge in [0.2, 0.25) is 5.91 Å². The standard InChI is InChI=1S/C15H21BrN2O3S/c16-13-5-3-4-12(8-13)10-22(20,21)11-15(19)18-7-2-1-6-14(18)9-17/h3-5,8,14H,1-2,6-7,9-11,17H2. The molecule has 22 heavy (non-hydrogen) atoms. The highest BCUT2D eigenvalue weighted by Gasteiger charge is 2.28. The van der Waals surface area contributed by atoms with Gasteiger partial charge in [0.15, 0.2) is 9.84 Å². The van der Waals surface area contributed by atoms with Gasteiger partial charge in [-0.3, -0.25) is 4.79 Å². The topological polar surface area (TPSA) is 80.5 Å². The Balaban J connectivity index is 2.03. The van der Waals surface area contributed by atoms with Crippen LogP contribution >= 0.6 is 15.9 Å². The van der Waals surface area contributed by atoms with Gasteiger partial charge in [0.05, 0.1) is 5.75 Å². The summed E-state index contributed by atoms with van der Waals surface area (Å²) in [4.78, 5) is 14.0. The van der Waals surface area contributed by atoms with Gasteiger partial charge in [-0.1, -0.05) is 28.1 Å². The molecule has 5 nitrogen and oxygen atoms in total. The first-order valence-electron chi connectivity index (χ1n) is 7.36. The van der Waals surface area contributed by atoms with Crippen LogP contribution in [0.25, 0.3) is 0 Å². The minimum atomic E-state index is -3.48. The molecule has 1 saturated heterocycles. The molecular weight excluding hydrogens is 368 g/mol. The van der Waals surface area contributed by atoms with Crippen LogP contribution in [0.4, 0.5) is 0 Å². The summed E-state index contributed by atoms with van der Waals surface area (Å²) >= 11 is 3.32. The molecule has 1 fully saturated rings. The van der Waals surface area contributed by atoms with Gasteiger partial charge in [0.25, 0.3) is 0 Å². The summed E-state index contributed by atoms with van der Waals surface area (Å²) < 4.78 is 25.4. The zero-order valence-electron chi connectivity index (χ0n) is 12.4. The van der Waals surface area contributed by atoms with Crippen molar-refractivity contribution in [1.82, 2.24) is 4.90 Å². The zero-order chi connectivity index (χ0) is 16.2. The van der Waals surface area contributed by atoms with Crippen LogP contribution in [0.2, 0.25) is 0 Å². The lowest BCUT2D eigenvalue weighted by atomic mass is 10.0. The average Bonchev–Trinajstić information content (AvgIpc) is 2.46. The van der Waals surface area contributed by atoms with Crippen molar-refractivity contribution in [2.75, 3.05) is 18.8 Å². The van der Waals surface area contributed by atoms with Crippen molar-refractivity contribution in [3.05, 3.63) is 34.3 Å². The lowest BCUT2D eigenvalue weighted by Gasteiger charge is -2.35. The molecule has 1 heterocycles. The van der Waals surface area contributed by atoms with Crippen molar-refractivity contribution >= 4 is 31.7 Å². The van der Waals surface area contributed by atoms with Gasteiger partial charge < -0.3 is 10.6 Å². The molecule has 0 saturated carbocycles. The maximum absolute atomic E-state index is 12.3. The molecule has 0 aromatic heterocycles. The molecule has 0 radical (unpaired) electrons. The Kier molecular flexibility index (Phi) is 6.00. The first-order valence-corrected chi connectivity index (χ1v) is 9.97. The van der Waals surface area contributed by atoms with Crippen LogP contribution in [-0.4, -0.2) is 44.1 Å². The van der Waals surface area contributed by atoms with Crippen molar-refractivity contribution in [3.8, 4) is 0 Å². The Hall–Kier alpha value is -0.920. The number of hydrogen-bond donors (Lipinski definition) is 1. The largest absolute Gasteiger partial charge is 0.338 e. The number of halogens is 1. The van der Waals surface area contributed by atoms with Crippen molar-refractivity contribution < 1.29 is 13.2 Å². The van der Waals surface area contributed by atoms with E-state index in [2.05, 4.69) is 15.9 Å². The smallest absolute Gasteiger partial charge is 0.238 e. The lowest BCUT2D eigenvalue weighted by Crippen LogP contribution is -2.49. The first-order chi connectivity index (χ1) is 10.4. The molecule has 1 aromatic carbocycles. The summed E-state index contributed by atoms with van der Waals surface area (Å²) in [7, 11) is -3.48. The number of carbonyl (C=O) groups is 1. The molecule has 1 aromatic rings. The van der Waals surface area contributed by atoms with Gasteiger partial charge in [-0.05, 0) is 37.0 Å². The van der Waals surface area contributed by atoms with Crippen LogP contribution in [-0.2, 0) is 20.4 Å². The van der Waals surface area contributed by atoms with Crippen LogP contribution < -0.4 is 5.73 Å². The molecule has 1 amide bonds. The highest BCUT2D eigenvalue weighted by atomic mass is 79.9. The van der Waals surface area contributed by atoms with E-state index < -0.39 is 15.6 Å². The number of nitrogens with two attached hydrogens (primary N) is 1. The van der Waals surface area contributed by atoms with Crippen molar-refractivity contribution in [3.63, 3.8) is 0 Å². The third-order valence-electron chi connectivity index (χ3n) is 3.84. The fourth-order valence-electron chi connectivity index (χ4n) is 2.78. The van der Waals surface area contributed by atoms with Crippen molar-refractivity contribution in [2.24, 2.45) is 5.73 Å². The highest BCUT2D eigenvalue weighted by molar-refractivity contribution is 9.10. The zero-order valence-corrected chi connectivity index (χ0v) is 14.8.